The van der Waals surface area contributed by atoms with Crippen LogP contribution in [0.3, 0.4) is 0 Å². The number of hydrogen-bond donors (Lipinski definition) is 3. The number of nitrogens with zero attached hydrogens (tertiary/aromatic N) is 1. The predicted molar refractivity (Wildman–Crippen MR) is 101 cm³/mol. The van der Waals surface area contributed by atoms with E-state index < -0.39 is 11.7 Å². The molecule has 2 aromatic rings. The minimum Gasteiger partial charge on any atom is -0.508 e. The van der Waals surface area contributed by atoms with Crippen molar-refractivity contribution in [3.63, 3.8) is 0 Å². The van der Waals surface area contributed by atoms with E-state index in [0.717, 1.165) is 37.9 Å². The molecule has 4 rings (SSSR count). The van der Waals surface area contributed by atoms with E-state index >= 15 is 0 Å². The lowest BCUT2D eigenvalue weighted by Crippen LogP contribution is -2.33. The Morgan fingerprint density at radius 2 is 1.58 bits per heavy atom. The number of phenolic OH excluding ortho intramolecular Hbond substituents is 1. The van der Waals surface area contributed by atoms with Crippen LogP contribution in [0.5, 0.6) is 5.75 Å². The number of hydrogen-bond acceptors (Lipinski definition) is 4. The van der Waals surface area contributed by atoms with Crippen molar-refractivity contribution in [3.05, 3.63) is 65.7 Å². The number of benzene rings is 2. The minimum atomic E-state index is -0.585. The van der Waals surface area contributed by atoms with Gasteiger partial charge in [0.15, 0.2) is 0 Å². The molecule has 2 fully saturated rings. The fourth-order valence-electron chi connectivity index (χ4n) is 4.87. The molecule has 1 saturated heterocycles. The van der Waals surface area contributed by atoms with E-state index in [1.165, 1.54) is 5.56 Å². The first-order valence-electron chi connectivity index (χ1n) is 9.46. The van der Waals surface area contributed by atoms with Crippen LogP contribution in [-0.4, -0.2) is 45.5 Å². The number of aliphatic hydroxyl groups is 2. The van der Waals surface area contributed by atoms with Gasteiger partial charge in [-0.05, 0) is 47.9 Å². The summed E-state index contributed by atoms with van der Waals surface area (Å²) in [6.07, 6.45) is 1.88. The molecular weight excluding hydrogens is 326 g/mol. The summed E-state index contributed by atoms with van der Waals surface area (Å²) in [5.74, 6) is 1.24. The van der Waals surface area contributed by atoms with Crippen LogP contribution in [0.15, 0.2) is 54.6 Å². The lowest BCUT2D eigenvalue weighted by molar-refractivity contribution is 0.0328. The fraction of sp³-hybridized carbons (Fsp3) is 0.455. The van der Waals surface area contributed by atoms with Crippen molar-refractivity contribution in [2.75, 3.05) is 19.6 Å². The Morgan fingerprint density at radius 3 is 2.19 bits per heavy atom. The molecule has 138 valence electrons. The van der Waals surface area contributed by atoms with E-state index in [1.807, 2.05) is 18.2 Å². The van der Waals surface area contributed by atoms with Gasteiger partial charge in [0.25, 0.3) is 0 Å². The Kier molecular flexibility index (Phi) is 4.74. The zero-order valence-electron chi connectivity index (χ0n) is 15.0. The standard InChI is InChI=1S/C22H27NO3/c24-20-8-6-17(7-9-20)21(25)15-23-13-18-11-22(26,12-19(18)14-23)10-16-4-2-1-3-5-16/h1-9,18-19,21,24-26H,10-15H2/t18-,19?,21?,22-/m1/s1. The lowest BCUT2D eigenvalue weighted by atomic mass is 9.91. The second-order valence-electron chi connectivity index (χ2n) is 8.14. The Balaban J connectivity index is 1.32. The van der Waals surface area contributed by atoms with Crippen molar-refractivity contribution in [1.82, 2.24) is 4.90 Å². The number of aliphatic hydroxyl groups excluding tert-OH is 1. The third-order valence-electron chi connectivity index (χ3n) is 6.02. The largest absolute Gasteiger partial charge is 0.508 e. The summed E-state index contributed by atoms with van der Waals surface area (Å²) in [5, 5.41) is 30.9. The van der Waals surface area contributed by atoms with Gasteiger partial charge in [-0.1, -0.05) is 42.5 Å². The van der Waals surface area contributed by atoms with Crippen LogP contribution in [0.2, 0.25) is 0 Å². The number of rotatable bonds is 5. The third-order valence-corrected chi connectivity index (χ3v) is 6.02. The van der Waals surface area contributed by atoms with Gasteiger partial charge in [0.05, 0.1) is 11.7 Å². The highest BCUT2D eigenvalue weighted by Crippen LogP contribution is 2.45. The van der Waals surface area contributed by atoms with Crippen LogP contribution in [-0.2, 0) is 6.42 Å². The topological polar surface area (TPSA) is 63.9 Å². The third kappa shape index (κ3) is 3.78. The molecule has 2 aliphatic rings. The van der Waals surface area contributed by atoms with E-state index in [-0.39, 0.29) is 5.75 Å². The van der Waals surface area contributed by atoms with Gasteiger partial charge in [0, 0.05) is 26.1 Å². The lowest BCUT2D eigenvalue weighted by Gasteiger charge is -2.27. The molecule has 2 unspecified atom stereocenters. The molecule has 0 bridgehead atoms. The molecule has 4 atom stereocenters. The van der Waals surface area contributed by atoms with Crippen LogP contribution in [0.1, 0.15) is 30.1 Å². The molecule has 1 saturated carbocycles. The summed E-state index contributed by atoms with van der Waals surface area (Å²) in [7, 11) is 0. The maximum absolute atomic E-state index is 11.0. The van der Waals surface area contributed by atoms with Crippen LogP contribution in [0, 0.1) is 11.8 Å². The molecule has 3 N–H and O–H groups in total. The molecule has 4 nitrogen and oxygen atoms in total. The normalized spacial score (nSPS) is 29.6. The van der Waals surface area contributed by atoms with Gasteiger partial charge < -0.3 is 15.3 Å². The SMILES string of the molecule is Oc1ccc(C(O)CN2CC3C[C@@](O)(Cc4ccccc4)C[C@@H]3C2)cc1. The summed E-state index contributed by atoms with van der Waals surface area (Å²) in [5.41, 5.74) is 1.45. The van der Waals surface area contributed by atoms with E-state index in [2.05, 4.69) is 17.0 Å². The number of fused-ring (bicyclic) bond motifs is 1. The molecule has 2 aromatic carbocycles. The molecular formula is C22H27NO3. The Labute approximate surface area is 154 Å². The average molecular weight is 353 g/mol. The Hall–Kier alpha value is -1.88. The Bertz CT molecular complexity index is 717. The van der Waals surface area contributed by atoms with Crippen molar-refractivity contribution < 1.29 is 15.3 Å². The summed E-state index contributed by atoms with van der Waals surface area (Å²) in [4.78, 5) is 2.31. The zero-order chi connectivity index (χ0) is 18.1. The second kappa shape index (κ2) is 7.03. The summed E-state index contributed by atoms with van der Waals surface area (Å²) in [6.45, 7) is 2.49. The average Bonchev–Trinajstić information content (AvgIpc) is 3.10. The minimum absolute atomic E-state index is 0.217. The molecule has 0 spiro atoms. The van der Waals surface area contributed by atoms with E-state index in [1.54, 1.807) is 24.3 Å². The van der Waals surface area contributed by atoms with Gasteiger partial charge >= 0.3 is 0 Å². The maximum Gasteiger partial charge on any atom is 0.115 e. The van der Waals surface area contributed by atoms with Gasteiger partial charge in [-0.15, -0.1) is 0 Å². The maximum atomic E-state index is 11.0. The number of phenols is 1. The molecule has 0 amide bonds. The monoisotopic (exact) mass is 353 g/mol. The van der Waals surface area contributed by atoms with Crippen molar-refractivity contribution in [3.8, 4) is 5.75 Å². The number of likely N-dealkylation sites (tertiary alicyclic amines) is 1. The highest BCUT2D eigenvalue weighted by Gasteiger charge is 2.48. The molecule has 1 aliphatic heterocycles. The molecule has 26 heavy (non-hydrogen) atoms. The van der Waals surface area contributed by atoms with Crippen molar-refractivity contribution in [2.24, 2.45) is 11.8 Å². The van der Waals surface area contributed by atoms with Gasteiger partial charge in [-0.3, -0.25) is 4.90 Å². The second-order valence-corrected chi connectivity index (χ2v) is 8.14. The number of aromatic hydroxyl groups is 1. The highest BCUT2D eigenvalue weighted by molar-refractivity contribution is 5.27. The smallest absolute Gasteiger partial charge is 0.115 e. The van der Waals surface area contributed by atoms with E-state index in [9.17, 15) is 15.3 Å². The fourth-order valence-corrected chi connectivity index (χ4v) is 4.87. The van der Waals surface area contributed by atoms with Crippen LogP contribution >= 0.6 is 0 Å². The van der Waals surface area contributed by atoms with Crippen LogP contribution < -0.4 is 0 Å². The van der Waals surface area contributed by atoms with E-state index in [0.29, 0.717) is 18.4 Å². The van der Waals surface area contributed by atoms with Crippen molar-refractivity contribution in [2.45, 2.75) is 31.0 Å². The van der Waals surface area contributed by atoms with Gasteiger partial charge in [0.2, 0.25) is 0 Å². The summed E-state index contributed by atoms with van der Waals surface area (Å²) >= 11 is 0. The van der Waals surface area contributed by atoms with E-state index in [4.69, 9.17) is 0 Å². The van der Waals surface area contributed by atoms with Gasteiger partial charge in [0.1, 0.15) is 5.75 Å². The molecule has 4 heteroatoms. The van der Waals surface area contributed by atoms with Crippen molar-refractivity contribution in [1.29, 1.82) is 0 Å². The number of β-amino-alcohol motifs (C(OH)–C–C–N with tert-alkyl or cyclic N) is 1. The van der Waals surface area contributed by atoms with Crippen molar-refractivity contribution >= 4 is 0 Å². The first-order chi connectivity index (χ1) is 12.5. The van der Waals surface area contributed by atoms with Gasteiger partial charge in [-0.2, -0.15) is 0 Å². The summed E-state index contributed by atoms with van der Waals surface area (Å²) in [6, 6.07) is 17.0. The molecule has 1 heterocycles. The first kappa shape index (κ1) is 17.5. The highest BCUT2D eigenvalue weighted by atomic mass is 16.3. The quantitative estimate of drug-likeness (QED) is 0.773. The van der Waals surface area contributed by atoms with Crippen LogP contribution in [0.4, 0.5) is 0 Å². The van der Waals surface area contributed by atoms with Crippen LogP contribution in [0.25, 0.3) is 0 Å². The molecule has 1 aliphatic carbocycles. The van der Waals surface area contributed by atoms with Gasteiger partial charge in [-0.25, -0.2) is 0 Å². The Morgan fingerprint density at radius 1 is 0.962 bits per heavy atom. The molecule has 0 aromatic heterocycles. The first-order valence-corrected chi connectivity index (χ1v) is 9.46. The summed E-state index contributed by atoms with van der Waals surface area (Å²) < 4.78 is 0. The zero-order valence-corrected chi connectivity index (χ0v) is 15.0. The predicted octanol–water partition coefficient (Wildman–Crippen LogP) is 2.74. The molecule has 0 radical (unpaired) electrons.